The van der Waals surface area contributed by atoms with E-state index in [1.54, 1.807) is 16.8 Å². The number of allylic oxidation sites excluding steroid dienone is 3. The zero-order chi connectivity index (χ0) is 11.5. The summed E-state index contributed by atoms with van der Waals surface area (Å²) in [7, 11) is 0. The predicted octanol–water partition coefficient (Wildman–Crippen LogP) is 2.99. The third kappa shape index (κ3) is 1.93. The molecule has 0 aliphatic rings. The molecule has 2 aromatic heterocycles. The lowest BCUT2D eigenvalue weighted by Gasteiger charge is -2.01. The van der Waals surface area contributed by atoms with Crippen molar-refractivity contribution in [3.8, 4) is 0 Å². The van der Waals surface area contributed by atoms with Crippen LogP contribution in [0.2, 0.25) is 0 Å². The average Bonchev–Trinajstić information content (AvgIpc) is 2.69. The first-order chi connectivity index (χ1) is 7.68. The molecular formula is C13H13N3. The topological polar surface area (TPSA) is 41.7 Å². The first kappa shape index (κ1) is 10.4. The molecular weight excluding hydrogens is 198 g/mol. The lowest BCUT2D eigenvalue weighted by atomic mass is 10.3. The summed E-state index contributed by atoms with van der Waals surface area (Å²) in [6.07, 6.45) is 7.12. The minimum atomic E-state index is 0.386. The molecule has 16 heavy (non-hydrogen) atoms. The largest absolute Gasteiger partial charge is 0.286 e. The molecule has 0 fully saturated rings. The summed E-state index contributed by atoms with van der Waals surface area (Å²) in [5.74, 6) is 0.386. The van der Waals surface area contributed by atoms with E-state index in [0.717, 1.165) is 16.6 Å². The van der Waals surface area contributed by atoms with Crippen LogP contribution in [0.15, 0.2) is 54.9 Å². The standard InChI is InChI=1S/C13H13N3/c1-10(2)5-6-12(14)16-9-7-11-4-3-8-15-13(11)16/h3-9,14H,1H2,2H3/b6-5-,14-12?. The zero-order valence-corrected chi connectivity index (χ0v) is 9.14. The number of hydrogen-bond donors (Lipinski definition) is 1. The Kier molecular flexibility index (Phi) is 2.68. The fourth-order valence-electron chi connectivity index (χ4n) is 1.46. The van der Waals surface area contributed by atoms with Gasteiger partial charge < -0.3 is 0 Å². The molecule has 0 aromatic carbocycles. The highest BCUT2D eigenvalue weighted by Crippen LogP contribution is 2.12. The van der Waals surface area contributed by atoms with Crippen LogP contribution in [0, 0.1) is 5.41 Å². The third-order valence-electron chi connectivity index (χ3n) is 2.23. The van der Waals surface area contributed by atoms with Crippen LogP contribution in [0.4, 0.5) is 0 Å². The minimum absolute atomic E-state index is 0.386. The monoisotopic (exact) mass is 211 g/mol. The van der Waals surface area contributed by atoms with Crippen molar-refractivity contribution in [1.82, 2.24) is 9.55 Å². The molecule has 0 aliphatic heterocycles. The number of hydrogen-bond acceptors (Lipinski definition) is 2. The van der Waals surface area contributed by atoms with Gasteiger partial charge in [-0.15, -0.1) is 0 Å². The lowest BCUT2D eigenvalue weighted by molar-refractivity contribution is 1.15. The van der Waals surface area contributed by atoms with Crippen molar-refractivity contribution in [2.24, 2.45) is 0 Å². The second kappa shape index (κ2) is 4.14. The van der Waals surface area contributed by atoms with E-state index in [9.17, 15) is 0 Å². The molecule has 2 rings (SSSR count). The Balaban J connectivity index is 2.40. The van der Waals surface area contributed by atoms with Crippen molar-refractivity contribution in [2.45, 2.75) is 6.92 Å². The maximum atomic E-state index is 7.92. The summed E-state index contributed by atoms with van der Waals surface area (Å²) in [4.78, 5) is 4.26. The normalized spacial score (nSPS) is 11.1. The first-order valence-corrected chi connectivity index (χ1v) is 5.03. The van der Waals surface area contributed by atoms with Crippen molar-refractivity contribution in [3.05, 3.63) is 54.9 Å². The second-order valence-corrected chi connectivity index (χ2v) is 3.67. The summed E-state index contributed by atoms with van der Waals surface area (Å²) in [5, 5.41) is 8.95. The molecule has 0 radical (unpaired) electrons. The number of nitrogens with zero attached hydrogens (tertiary/aromatic N) is 2. The van der Waals surface area contributed by atoms with Crippen molar-refractivity contribution in [1.29, 1.82) is 5.41 Å². The molecule has 3 nitrogen and oxygen atoms in total. The highest BCUT2D eigenvalue weighted by Gasteiger charge is 2.02. The predicted molar refractivity (Wildman–Crippen MR) is 66.8 cm³/mol. The van der Waals surface area contributed by atoms with Gasteiger partial charge in [-0.1, -0.05) is 18.2 Å². The van der Waals surface area contributed by atoms with Gasteiger partial charge in [-0.05, 0) is 31.2 Å². The lowest BCUT2D eigenvalue weighted by Crippen LogP contribution is -2.06. The van der Waals surface area contributed by atoms with Crippen LogP contribution in [-0.4, -0.2) is 15.4 Å². The number of pyridine rings is 1. The molecule has 0 bridgehead atoms. The summed E-state index contributed by atoms with van der Waals surface area (Å²) in [5.41, 5.74) is 1.73. The molecule has 2 aromatic rings. The Morgan fingerprint density at radius 2 is 2.25 bits per heavy atom. The fraction of sp³-hybridized carbons (Fsp3) is 0.0769. The molecule has 0 amide bonds. The Morgan fingerprint density at radius 1 is 1.44 bits per heavy atom. The van der Waals surface area contributed by atoms with Crippen LogP contribution in [0.3, 0.4) is 0 Å². The van der Waals surface area contributed by atoms with Crippen LogP contribution in [0.5, 0.6) is 0 Å². The number of fused-ring (bicyclic) bond motifs is 1. The van der Waals surface area contributed by atoms with E-state index in [4.69, 9.17) is 5.41 Å². The molecule has 0 saturated heterocycles. The minimum Gasteiger partial charge on any atom is -0.286 e. The molecule has 0 spiro atoms. The molecule has 1 N–H and O–H groups in total. The summed E-state index contributed by atoms with van der Waals surface area (Å²) >= 11 is 0. The third-order valence-corrected chi connectivity index (χ3v) is 2.23. The van der Waals surface area contributed by atoms with Gasteiger partial charge in [0.25, 0.3) is 0 Å². The SMILES string of the molecule is C=C(C)/C=C\C(=N)n1ccc2cccnc21. The Morgan fingerprint density at radius 3 is 3.00 bits per heavy atom. The summed E-state index contributed by atoms with van der Waals surface area (Å²) in [6.45, 7) is 5.66. The van der Waals surface area contributed by atoms with Crippen molar-refractivity contribution in [2.75, 3.05) is 0 Å². The van der Waals surface area contributed by atoms with Gasteiger partial charge in [0.15, 0.2) is 0 Å². The molecule has 2 heterocycles. The van der Waals surface area contributed by atoms with E-state index >= 15 is 0 Å². The maximum Gasteiger partial charge on any atom is 0.145 e. The Labute approximate surface area is 94.2 Å². The van der Waals surface area contributed by atoms with Gasteiger partial charge >= 0.3 is 0 Å². The van der Waals surface area contributed by atoms with Crippen LogP contribution < -0.4 is 0 Å². The molecule has 0 atom stereocenters. The Hall–Kier alpha value is -2.16. The van der Waals surface area contributed by atoms with Gasteiger partial charge in [0.2, 0.25) is 0 Å². The van der Waals surface area contributed by atoms with Crippen LogP contribution >= 0.6 is 0 Å². The van der Waals surface area contributed by atoms with E-state index in [1.807, 2.05) is 37.4 Å². The van der Waals surface area contributed by atoms with Crippen LogP contribution in [-0.2, 0) is 0 Å². The number of aromatic nitrogens is 2. The van der Waals surface area contributed by atoms with E-state index in [1.165, 1.54) is 0 Å². The summed E-state index contributed by atoms with van der Waals surface area (Å²) in [6, 6.07) is 5.82. The quantitative estimate of drug-likeness (QED) is 0.463. The van der Waals surface area contributed by atoms with Gasteiger partial charge in [-0.25, -0.2) is 4.98 Å². The van der Waals surface area contributed by atoms with Gasteiger partial charge in [0.05, 0.1) is 0 Å². The van der Waals surface area contributed by atoms with Crippen molar-refractivity contribution in [3.63, 3.8) is 0 Å². The van der Waals surface area contributed by atoms with Crippen molar-refractivity contribution >= 4 is 16.9 Å². The average molecular weight is 211 g/mol. The molecule has 80 valence electrons. The molecule has 0 aliphatic carbocycles. The maximum absolute atomic E-state index is 7.92. The zero-order valence-electron chi connectivity index (χ0n) is 9.14. The van der Waals surface area contributed by atoms with E-state index in [0.29, 0.717) is 5.84 Å². The van der Waals surface area contributed by atoms with Crippen LogP contribution in [0.25, 0.3) is 11.0 Å². The van der Waals surface area contributed by atoms with Gasteiger partial charge in [-0.3, -0.25) is 9.98 Å². The van der Waals surface area contributed by atoms with E-state index < -0.39 is 0 Å². The van der Waals surface area contributed by atoms with Crippen molar-refractivity contribution < 1.29 is 0 Å². The smallest absolute Gasteiger partial charge is 0.145 e. The van der Waals surface area contributed by atoms with Gasteiger partial charge in [0, 0.05) is 17.8 Å². The van der Waals surface area contributed by atoms with Gasteiger partial charge in [-0.2, -0.15) is 0 Å². The first-order valence-electron chi connectivity index (χ1n) is 5.03. The highest BCUT2D eigenvalue weighted by atomic mass is 15.1. The Bertz CT molecular complexity index is 576. The number of rotatable bonds is 2. The molecule has 3 heteroatoms. The molecule has 0 saturated carbocycles. The van der Waals surface area contributed by atoms with Crippen LogP contribution in [0.1, 0.15) is 6.92 Å². The molecule has 0 unspecified atom stereocenters. The summed E-state index contributed by atoms with van der Waals surface area (Å²) < 4.78 is 1.74. The second-order valence-electron chi connectivity index (χ2n) is 3.67. The highest BCUT2D eigenvalue weighted by molar-refractivity contribution is 5.98. The number of nitrogens with one attached hydrogen (secondary N) is 1. The van der Waals surface area contributed by atoms with Gasteiger partial charge in [0.1, 0.15) is 11.5 Å². The fourth-order valence-corrected chi connectivity index (χ4v) is 1.46. The van der Waals surface area contributed by atoms with E-state index in [2.05, 4.69) is 11.6 Å². The van der Waals surface area contributed by atoms with E-state index in [-0.39, 0.29) is 0 Å².